The number of phosphoric ester groups is 1. The quantitative estimate of drug-likeness (QED) is 0.220. The smallest absolute Gasteiger partial charge is 0.389 e. The first-order chi connectivity index (χ1) is 13.6. The minimum absolute atomic E-state index is 0.743. The third kappa shape index (κ3) is 6.50. The van der Waals surface area contributed by atoms with Gasteiger partial charge < -0.3 is 29.4 Å². The van der Waals surface area contributed by atoms with Gasteiger partial charge in [0.15, 0.2) is 6.23 Å². The maximum atomic E-state index is 11.9. The van der Waals surface area contributed by atoms with Gasteiger partial charge in [-0.05, 0) is 0 Å². The van der Waals surface area contributed by atoms with Crippen LogP contribution >= 0.6 is 23.5 Å². The van der Waals surface area contributed by atoms with Crippen LogP contribution in [0.2, 0.25) is 0 Å². The van der Waals surface area contributed by atoms with E-state index >= 15 is 0 Å². The second-order valence-electron chi connectivity index (χ2n) is 5.61. The molecule has 0 bridgehead atoms. The second-order valence-corrected chi connectivity index (χ2v) is 10.0. The summed E-state index contributed by atoms with van der Waals surface area (Å²) in [6.45, 7) is -1.03. The van der Waals surface area contributed by atoms with Crippen molar-refractivity contribution in [1.29, 1.82) is 5.26 Å². The van der Waals surface area contributed by atoms with E-state index in [9.17, 15) is 38.5 Å². The fourth-order valence-corrected chi connectivity index (χ4v) is 5.39. The number of nitrogens with zero attached hydrogens (tertiary/aromatic N) is 2. The summed E-state index contributed by atoms with van der Waals surface area (Å²) < 4.78 is 51.0. The van der Waals surface area contributed by atoms with Gasteiger partial charge in [-0.2, -0.15) is 13.9 Å². The molecule has 168 valence electrons. The topological polar surface area (TPSA) is 268 Å². The molecule has 0 spiro atoms. The molecule has 0 saturated carbocycles. The number of nitriles is 1. The lowest BCUT2D eigenvalue weighted by Gasteiger charge is -2.19. The molecule has 1 aliphatic rings. The number of H-pyrrole nitrogens is 1. The van der Waals surface area contributed by atoms with Crippen molar-refractivity contribution in [3.05, 3.63) is 33.1 Å². The number of ether oxygens (including phenoxy) is 1. The van der Waals surface area contributed by atoms with E-state index in [-0.39, 0.29) is 0 Å². The van der Waals surface area contributed by atoms with Gasteiger partial charge in [-0.15, -0.1) is 0 Å². The second kappa shape index (κ2) is 8.93. The third-order valence-electron chi connectivity index (χ3n) is 3.46. The van der Waals surface area contributed by atoms with Gasteiger partial charge in [0.05, 0.1) is 12.7 Å². The average molecular weight is 493 g/mol. The van der Waals surface area contributed by atoms with Gasteiger partial charge in [0.2, 0.25) is 0 Å². The summed E-state index contributed by atoms with van der Waals surface area (Å²) >= 11 is 0. The first-order valence-corrected chi connectivity index (χ1v) is 12.0. The number of rotatable bonds is 8. The van der Waals surface area contributed by atoms with Crippen molar-refractivity contribution in [2.45, 2.75) is 18.4 Å². The predicted molar refractivity (Wildman–Crippen MR) is 90.2 cm³/mol. The molecule has 1 fully saturated rings. The SMILES string of the molecule is N#C[C@@H]1[C@H](O)[C@@H](COP(=O)(O)OP(=O)(O)OP(=O)(O)O)O[C@H]1n1ccc(=O)[nH]c1=O. The van der Waals surface area contributed by atoms with Crippen LogP contribution in [0.25, 0.3) is 0 Å². The molecule has 2 unspecified atom stereocenters. The van der Waals surface area contributed by atoms with Crippen molar-refractivity contribution in [3.8, 4) is 6.07 Å². The summed E-state index contributed by atoms with van der Waals surface area (Å²) in [4.78, 5) is 60.3. The zero-order valence-electron chi connectivity index (χ0n) is 14.3. The van der Waals surface area contributed by atoms with Gasteiger partial charge in [0, 0.05) is 12.3 Å². The van der Waals surface area contributed by atoms with Gasteiger partial charge in [-0.3, -0.25) is 18.9 Å². The highest BCUT2D eigenvalue weighted by molar-refractivity contribution is 7.66. The molecule has 1 aromatic rings. The van der Waals surface area contributed by atoms with Gasteiger partial charge in [0.1, 0.15) is 18.1 Å². The summed E-state index contributed by atoms with van der Waals surface area (Å²) in [6, 6.07) is 2.59. The highest BCUT2D eigenvalue weighted by Gasteiger charge is 2.47. The van der Waals surface area contributed by atoms with E-state index in [1.807, 2.05) is 4.98 Å². The van der Waals surface area contributed by atoms with Crippen LogP contribution in [-0.4, -0.2) is 53.0 Å². The van der Waals surface area contributed by atoms with Crippen molar-refractivity contribution in [3.63, 3.8) is 0 Å². The van der Waals surface area contributed by atoms with Crippen molar-refractivity contribution >= 4 is 23.5 Å². The van der Waals surface area contributed by atoms with Gasteiger partial charge in [-0.1, -0.05) is 0 Å². The summed E-state index contributed by atoms with van der Waals surface area (Å²) in [7, 11) is -16.8. The Bertz CT molecular complexity index is 1090. The number of hydrogen-bond donors (Lipinski definition) is 6. The maximum absolute atomic E-state index is 11.9. The zero-order valence-corrected chi connectivity index (χ0v) is 17.0. The van der Waals surface area contributed by atoms with Crippen LogP contribution in [0.5, 0.6) is 0 Å². The van der Waals surface area contributed by atoms with Crippen LogP contribution < -0.4 is 11.2 Å². The Hall–Kier alpha value is -1.50. The van der Waals surface area contributed by atoms with Crippen LogP contribution in [0.15, 0.2) is 21.9 Å². The molecule has 6 N–H and O–H groups in total. The minimum atomic E-state index is -5.74. The Labute approximate surface area is 165 Å². The lowest BCUT2D eigenvalue weighted by molar-refractivity contribution is -0.0461. The molecule has 20 heteroatoms. The predicted octanol–water partition coefficient (Wildman–Crippen LogP) is -1.72. The molecule has 0 aliphatic carbocycles. The fourth-order valence-electron chi connectivity index (χ4n) is 2.36. The third-order valence-corrected chi connectivity index (χ3v) is 7.27. The van der Waals surface area contributed by atoms with E-state index in [0.717, 1.165) is 16.8 Å². The summed E-state index contributed by atoms with van der Waals surface area (Å²) in [5.41, 5.74) is -1.72. The molecule has 17 nitrogen and oxygen atoms in total. The fraction of sp³-hybridized carbons (Fsp3) is 0.500. The molecular weight excluding hydrogens is 479 g/mol. The number of aromatic nitrogens is 2. The Morgan fingerprint density at radius 3 is 2.33 bits per heavy atom. The molecule has 2 rings (SSSR count). The highest BCUT2D eigenvalue weighted by Crippen LogP contribution is 2.66. The Morgan fingerprint density at radius 2 is 1.80 bits per heavy atom. The van der Waals surface area contributed by atoms with Gasteiger partial charge in [0.25, 0.3) is 5.56 Å². The Morgan fingerprint density at radius 1 is 1.17 bits per heavy atom. The highest BCUT2D eigenvalue weighted by atomic mass is 31.3. The summed E-state index contributed by atoms with van der Waals surface area (Å²) in [5.74, 6) is -1.40. The van der Waals surface area contributed by atoms with E-state index in [4.69, 9.17) is 19.4 Å². The van der Waals surface area contributed by atoms with Gasteiger partial charge in [-0.25, -0.2) is 18.5 Å². The van der Waals surface area contributed by atoms with Gasteiger partial charge >= 0.3 is 29.2 Å². The van der Waals surface area contributed by atoms with E-state index in [1.54, 1.807) is 6.07 Å². The largest absolute Gasteiger partial charge is 0.490 e. The molecule has 0 amide bonds. The molecule has 1 aliphatic heterocycles. The molecule has 1 aromatic heterocycles. The number of aliphatic hydroxyl groups excluding tert-OH is 1. The summed E-state index contributed by atoms with van der Waals surface area (Å²) in [5, 5.41) is 19.4. The van der Waals surface area contributed by atoms with E-state index in [0.29, 0.717) is 0 Å². The molecular formula is C10H14N3O14P3. The van der Waals surface area contributed by atoms with E-state index < -0.39 is 65.7 Å². The summed E-state index contributed by atoms with van der Waals surface area (Å²) in [6.07, 6.45) is -3.69. The first-order valence-electron chi connectivity index (χ1n) is 7.47. The lowest BCUT2D eigenvalue weighted by Crippen LogP contribution is -2.34. The van der Waals surface area contributed by atoms with Crippen molar-refractivity contribution in [2.75, 3.05) is 6.61 Å². The van der Waals surface area contributed by atoms with Crippen molar-refractivity contribution in [1.82, 2.24) is 9.55 Å². The molecule has 1 saturated heterocycles. The van der Waals surface area contributed by atoms with Crippen LogP contribution in [0.3, 0.4) is 0 Å². The van der Waals surface area contributed by atoms with Crippen LogP contribution in [0.1, 0.15) is 6.23 Å². The molecule has 30 heavy (non-hydrogen) atoms. The van der Waals surface area contributed by atoms with E-state index in [1.165, 1.54) is 0 Å². The first kappa shape index (κ1) is 24.8. The van der Waals surface area contributed by atoms with Crippen LogP contribution in [0.4, 0.5) is 0 Å². The number of aromatic amines is 1. The van der Waals surface area contributed by atoms with Crippen molar-refractivity contribution < 1.29 is 56.3 Å². The molecule has 2 heterocycles. The molecule has 6 atom stereocenters. The number of nitrogens with one attached hydrogen (secondary N) is 1. The zero-order chi connectivity index (χ0) is 22.9. The molecule has 0 aromatic carbocycles. The normalized spacial score (nSPS) is 28.4. The number of hydrogen-bond acceptors (Lipinski definition) is 11. The standard InChI is InChI=1S/C10H14N3O14P3/c11-3-5-8(15)6(25-9(5)13-2-1-7(14)12-10(13)16)4-24-29(20,21)27-30(22,23)26-28(17,18)19/h1-2,5-6,8-9,15H,4H2,(H,20,21)(H,22,23)(H,12,14,16)(H2,17,18,19)/t5-,6-,8+,9-/m1/s1. The minimum Gasteiger partial charge on any atom is -0.389 e. The van der Waals surface area contributed by atoms with Crippen LogP contribution in [0, 0.1) is 17.2 Å². The van der Waals surface area contributed by atoms with E-state index in [2.05, 4.69) is 13.1 Å². The Kier molecular flexibility index (Phi) is 7.37. The van der Waals surface area contributed by atoms with Crippen molar-refractivity contribution in [2.24, 2.45) is 5.92 Å². The number of aliphatic hydroxyl groups is 1. The number of phosphoric acid groups is 3. The lowest BCUT2D eigenvalue weighted by atomic mass is 10.0. The average Bonchev–Trinajstić information content (AvgIpc) is 2.85. The monoisotopic (exact) mass is 493 g/mol. The Balaban J connectivity index is 2.12. The molecule has 0 radical (unpaired) electrons. The maximum Gasteiger partial charge on any atom is 0.490 e. The van der Waals surface area contributed by atoms with Crippen LogP contribution in [-0.2, 0) is 31.6 Å².